The quantitative estimate of drug-likeness (QED) is 0.813. The molecule has 5 nitrogen and oxygen atoms in total. The maximum atomic E-state index is 8.95. The summed E-state index contributed by atoms with van der Waals surface area (Å²) in [4.78, 5) is 3.92. The summed E-state index contributed by atoms with van der Waals surface area (Å²) in [6.07, 6.45) is 3.35. The molecule has 0 spiro atoms. The molecule has 0 saturated heterocycles. The maximum absolute atomic E-state index is 8.95. The van der Waals surface area contributed by atoms with E-state index >= 15 is 0 Å². The molecule has 0 radical (unpaired) electrons. The smallest absolute Gasteiger partial charge is 0.166 e. The molecule has 2 aromatic rings. The zero-order valence-corrected chi connectivity index (χ0v) is 8.68. The van der Waals surface area contributed by atoms with Crippen LogP contribution >= 0.6 is 0 Å². The first-order valence-electron chi connectivity index (χ1n) is 4.71. The summed E-state index contributed by atoms with van der Waals surface area (Å²) in [5.74, 6) is 0.486. The fraction of sp³-hybridized carbons (Fsp3) is 0.0909. The second-order valence-corrected chi connectivity index (χ2v) is 3.09. The number of pyridine rings is 1. The van der Waals surface area contributed by atoms with Crippen LogP contribution in [-0.2, 0) is 0 Å². The summed E-state index contributed by atoms with van der Waals surface area (Å²) in [6, 6.07) is 7.43. The summed E-state index contributed by atoms with van der Waals surface area (Å²) in [7, 11) is 1.71. The molecule has 1 N–H and O–H groups in total. The third kappa shape index (κ3) is 1.81. The normalized spacial score (nSPS) is 9.50. The fourth-order valence-corrected chi connectivity index (χ4v) is 1.33. The Kier molecular flexibility index (Phi) is 2.74. The van der Waals surface area contributed by atoms with Crippen LogP contribution in [-0.4, -0.2) is 22.2 Å². The molecule has 0 aliphatic rings. The molecular formula is C11H9N5. The molecule has 78 valence electrons. The van der Waals surface area contributed by atoms with Gasteiger partial charge in [-0.25, -0.2) is 0 Å². The lowest BCUT2D eigenvalue weighted by atomic mass is 10.1. The van der Waals surface area contributed by atoms with E-state index in [-0.39, 0.29) is 0 Å². The number of hydrogen-bond acceptors (Lipinski definition) is 5. The molecule has 2 rings (SSSR count). The molecule has 16 heavy (non-hydrogen) atoms. The van der Waals surface area contributed by atoms with Crippen molar-refractivity contribution >= 4 is 5.82 Å². The van der Waals surface area contributed by atoms with Crippen LogP contribution in [0.4, 0.5) is 5.82 Å². The summed E-state index contributed by atoms with van der Waals surface area (Å²) >= 11 is 0. The van der Waals surface area contributed by atoms with E-state index in [2.05, 4.69) is 26.6 Å². The van der Waals surface area contributed by atoms with Gasteiger partial charge in [0.15, 0.2) is 5.82 Å². The zero-order valence-electron chi connectivity index (χ0n) is 8.68. The van der Waals surface area contributed by atoms with Crippen molar-refractivity contribution in [3.05, 3.63) is 36.2 Å². The summed E-state index contributed by atoms with van der Waals surface area (Å²) in [5, 5.41) is 19.7. The number of hydrogen-bond donors (Lipinski definition) is 1. The third-order valence-electron chi connectivity index (χ3n) is 2.13. The topological polar surface area (TPSA) is 74.5 Å². The molecule has 0 aliphatic carbocycles. The summed E-state index contributed by atoms with van der Waals surface area (Å²) < 4.78 is 0. The fourth-order valence-electron chi connectivity index (χ4n) is 1.33. The minimum absolute atomic E-state index is 0.476. The number of nitrogens with zero attached hydrogens (tertiary/aromatic N) is 4. The zero-order chi connectivity index (χ0) is 11.4. The van der Waals surface area contributed by atoms with Crippen LogP contribution < -0.4 is 5.32 Å². The molecule has 2 aromatic heterocycles. The van der Waals surface area contributed by atoms with Gasteiger partial charge in [0.1, 0.15) is 6.07 Å². The molecule has 0 fully saturated rings. The lowest BCUT2D eigenvalue weighted by Gasteiger charge is -2.03. The Morgan fingerprint density at radius 2 is 2.00 bits per heavy atom. The van der Waals surface area contributed by atoms with Crippen LogP contribution in [0, 0.1) is 11.3 Å². The third-order valence-corrected chi connectivity index (χ3v) is 2.13. The van der Waals surface area contributed by atoms with Crippen LogP contribution in [0.25, 0.3) is 11.3 Å². The van der Waals surface area contributed by atoms with E-state index < -0.39 is 0 Å². The van der Waals surface area contributed by atoms with Crippen molar-refractivity contribution < 1.29 is 0 Å². The van der Waals surface area contributed by atoms with Gasteiger partial charge in [-0.1, -0.05) is 0 Å². The van der Waals surface area contributed by atoms with Crippen molar-refractivity contribution in [3.8, 4) is 17.3 Å². The highest BCUT2D eigenvalue weighted by Crippen LogP contribution is 2.19. The van der Waals surface area contributed by atoms with Crippen molar-refractivity contribution in [2.45, 2.75) is 0 Å². The summed E-state index contributed by atoms with van der Waals surface area (Å²) in [6.45, 7) is 0. The van der Waals surface area contributed by atoms with Crippen LogP contribution in [0.3, 0.4) is 0 Å². The highest BCUT2D eigenvalue weighted by Gasteiger charge is 2.06. The first kappa shape index (κ1) is 10.1. The van der Waals surface area contributed by atoms with E-state index in [1.165, 1.54) is 0 Å². The lowest BCUT2D eigenvalue weighted by molar-refractivity contribution is 1.03. The molecule has 5 heteroatoms. The monoisotopic (exact) mass is 211 g/mol. The highest BCUT2D eigenvalue weighted by molar-refractivity contribution is 5.63. The molecule has 0 aliphatic heterocycles. The van der Waals surface area contributed by atoms with E-state index in [0.29, 0.717) is 17.1 Å². The average Bonchev–Trinajstić information content (AvgIpc) is 2.39. The van der Waals surface area contributed by atoms with E-state index in [0.717, 1.165) is 5.56 Å². The number of nitriles is 1. The van der Waals surface area contributed by atoms with E-state index in [9.17, 15) is 0 Å². The Labute approximate surface area is 92.8 Å². The standard InChI is InChI=1S/C11H9N5/c1-13-11-9(7-12)6-10(15-16-11)8-2-4-14-5-3-8/h2-6H,1H3,(H,13,16). The molecule has 0 bridgehead atoms. The van der Waals surface area contributed by atoms with Crippen LogP contribution in [0.1, 0.15) is 5.56 Å². The summed E-state index contributed by atoms with van der Waals surface area (Å²) in [5.41, 5.74) is 2.03. The Bertz CT molecular complexity index is 530. The van der Waals surface area contributed by atoms with E-state index in [4.69, 9.17) is 5.26 Å². The SMILES string of the molecule is CNc1nnc(-c2ccncc2)cc1C#N. The van der Waals surface area contributed by atoms with Gasteiger partial charge in [-0.2, -0.15) is 5.26 Å². The Hall–Kier alpha value is -2.48. The van der Waals surface area contributed by atoms with Crippen molar-refractivity contribution in [3.63, 3.8) is 0 Å². The van der Waals surface area contributed by atoms with E-state index in [1.54, 1.807) is 25.5 Å². The number of anilines is 1. The van der Waals surface area contributed by atoms with Crippen molar-refractivity contribution in [1.29, 1.82) is 5.26 Å². The second kappa shape index (κ2) is 4.36. The molecular weight excluding hydrogens is 202 g/mol. The van der Waals surface area contributed by atoms with Gasteiger partial charge in [0.2, 0.25) is 0 Å². The Balaban J connectivity index is 2.49. The van der Waals surface area contributed by atoms with Crippen molar-refractivity contribution in [2.24, 2.45) is 0 Å². The number of aromatic nitrogens is 3. The molecule has 2 heterocycles. The average molecular weight is 211 g/mol. The van der Waals surface area contributed by atoms with Gasteiger partial charge >= 0.3 is 0 Å². The van der Waals surface area contributed by atoms with Crippen LogP contribution in [0.15, 0.2) is 30.6 Å². The van der Waals surface area contributed by atoms with Crippen LogP contribution in [0.2, 0.25) is 0 Å². The van der Waals surface area contributed by atoms with Crippen molar-refractivity contribution in [1.82, 2.24) is 15.2 Å². The van der Waals surface area contributed by atoms with Gasteiger partial charge in [0.25, 0.3) is 0 Å². The number of nitrogens with one attached hydrogen (secondary N) is 1. The molecule has 0 amide bonds. The van der Waals surface area contributed by atoms with Crippen LogP contribution in [0.5, 0.6) is 0 Å². The van der Waals surface area contributed by atoms with Gasteiger partial charge in [0.05, 0.1) is 11.3 Å². The first-order valence-corrected chi connectivity index (χ1v) is 4.71. The minimum Gasteiger partial charge on any atom is -0.371 e. The largest absolute Gasteiger partial charge is 0.371 e. The molecule has 0 atom stereocenters. The second-order valence-electron chi connectivity index (χ2n) is 3.09. The first-order chi connectivity index (χ1) is 7.85. The van der Waals surface area contributed by atoms with Gasteiger partial charge < -0.3 is 5.32 Å². The maximum Gasteiger partial charge on any atom is 0.166 e. The predicted molar refractivity (Wildman–Crippen MR) is 59.5 cm³/mol. The van der Waals surface area contributed by atoms with Gasteiger partial charge in [0, 0.05) is 25.0 Å². The van der Waals surface area contributed by atoms with Gasteiger partial charge in [-0.05, 0) is 18.2 Å². The molecule has 0 aromatic carbocycles. The molecule has 0 saturated carbocycles. The Morgan fingerprint density at radius 1 is 1.25 bits per heavy atom. The lowest BCUT2D eigenvalue weighted by Crippen LogP contribution is -1.99. The highest BCUT2D eigenvalue weighted by atomic mass is 15.2. The predicted octanol–water partition coefficient (Wildman–Crippen LogP) is 1.45. The molecule has 0 unspecified atom stereocenters. The Morgan fingerprint density at radius 3 is 2.62 bits per heavy atom. The van der Waals surface area contributed by atoms with E-state index in [1.807, 2.05) is 12.1 Å². The minimum atomic E-state index is 0.476. The van der Waals surface area contributed by atoms with Gasteiger partial charge in [-0.3, -0.25) is 4.98 Å². The van der Waals surface area contributed by atoms with Gasteiger partial charge in [-0.15, -0.1) is 10.2 Å². The number of rotatable bonds is 2. The van der Waals surface area contributed by atoms with Crippen molar-refractivity contribution in [2.75, 3.05) is 12.4 Å².